The molecule has 1 amide bonds. The Morgan fingerprint density at radius 2 is 2.00 bits per heavy atom. The molecule has 2 N–H and O–H groups in total. The number of carboxylic acids is 1. The van der Waals surface area contributed by atoms with Crippen LogP contribution < -0.4 is 5.32 Å². The van der Waals surface area contributed by atoms with E-state index in [0.29, 0.717) is 5.69 Å². The number of aromatic carboxylic acids is 1. The van der Waals surface area contributed by atoms with Gasteiger partial charge in [-0.2, -0.15) is 5.10 Å². The van der Waals surface area contributed by atoms with Crippen LogP contribution in [-0.4, -0.2) is 26.8 Å². The Morgan fingerprint density at radius 1 is 1.35 bits per heavy atom. The van der Waals surface area contributed by atoms with Gasteiger partial charge in [0.2, 0.25) is 5.91 Å². The largest absolute Gasteiger partial charge is 0.478 e. The molecule has 1 heterocycles. The molecular weight excluding hydrogens is 318 g/mol. The monoisotopic (exact) mass is 335 g/mol. The van der Waals surface area contributed by atoms with E-state index in [4.69, 9.17) is 16.7 Å². The van der Waals surface area contributed by atoms with Crippen LogP contribution in [0.4, 0.5) is 5.69 Å². The summed E-state index contributed by atoms with van der Waals surface area (Å²) in [5.74, 6) is -1.70. The summed E-state index contributed by atoms with van der Waals surface area (Å²) in [5.41, 5.74) is 3.09. The zero-order valence-corrected chi connectivity index (χ0v) is 14.1. The molecule has 0 bridgehead atoms. The van der Waals surface area contributed by atoms with Gasteiger partial charge in [0.05, 0.1) is 22.2 Å². The van der Waals surface area contributed by atoms with Gasteiger partial charge in [0.25, 0.3) is 0 Å². The van der Waals surface area contributed by atoms with Crippen LogP contribution in [0.1, 0.15) is 40.2 Å². The summed E-state index contributed by atoms with van der Waals surface area (Å²) in [5, 5.41) is 16.1. The molecule has 2 aromatic rings. The first-order valence-corrected chi connectivity index (χ1v) is 7.44. The van der Waals surface area contributed by atoms with Crippen molar-refractivity contribution < 1.29 is 14.7 Å². The molecule has 23 heavy (non-hydrogen) atoms. The number of carboxylic acid groups (broad SMARTS) is 1. The minimum Gasteiger partial charge on any atom is -0.478 e. The molecule has 1 unspecified atom stereocenters. The van der Waals surface area contributed by atoms with Crippen molar-refractivity contribution in [2.75, 3.05) is 5.32 Å². The van der Waals surface area contributed by atoms with Crippen molar-refractivity contribution in [2.24, 2.45) is 7.05 Å². The number of amides is 1. The highest BCUT2D eigenvalue weighted by Gasteiger charge is 2.23. The molecule has 2 rings (SSSR count). The summed E-state index contributed by atoms with van der Waals surface area (Å²) in [4.78, 5) is 23.4. The Hall–Kier alpha value is -2.34. The summed E-state index contributed by atoms with van der Waals surface area (Å²) in [6.45, 7) is 5.59. The van der Waals surface area contributed by atoms with E-state index in [1.54, 1.807) is 11.6 Å². The van der Waals surface area contributed by atoms with Crippen LogP contribution in [-0.2, 0) is 11.8 Å². The number of nitrogens with zero attached hydrogens (tertiary/aromatic N) is 2. The average Bonchev–Trinajstić information content (AvgIpc) is 2.71. The third-order valence-corrected chi connectivity index (χ3v) is 4.17. The van der Waals surface area contributed by atoms with Crippen LogP contribution in [0.5, 0.6) is 0 Å². The quantitative estimate of drug-likeness (QED) is 0.899. The normalized spacial score (nSPS) is 12.0. The molecule has 1 atom stereocenters. The number of carbonyl (C=O) groups is 2. The lowest BCUT2D eigenvalue weighted by Crippen LogP contribution is -2.20. The number of hydrogen-bond donors (Lipinski definition) is 2. The van der Waals surface area contributed by atoms with Crippen LogP contribution in [0.3, 0.4) is 0 Å². The van der Waals surface area contributed by atoms with Crippen molar-refractivity contribution in [1.82, 2.24) is 9.78 Å². The zero-order chi connectivity index (χ0) is 17.3. The van der Waals surface area contributed by atoms with Gasteiger partial charge < -0.3 is 10.4 Å². The molecule has 7 heteroatoms. The molecular formula is C16H18ClN3O3. The van der Waals surface area contributed by atoms with E-state index < -0.39 is 5.97 Å². The topological polar surface area (TPSA) is 84.2 Å². The van der Waals surface area contributed by atoms with Crippen molar-refractivity contribution in [3.05, 3.63) is 45.7 Å². The SMILES string of the molecule is Cc1nn(C)c(C)c1C(C)C(=O)Nc1ccc(C(=O)O)c(Cl)c1. The van der Waals surface area contributed by atoms with Crippen LogP contribution in [0.15, 0.2) is 18.2 Å². The number of aryl methyl sites for hydroxylation is 2. The number of aromatic nitrogens is 2. The van der Waals surface area contributed by atoms with Gasteiger partial charge in [-0.1, -0.05) is 11.6 Å². The van der Waals surface area contributed by atoms with E-state index >= 15 is 0 Å². The van der Waals surface area contributed by atoms with Gasteiger partial charge in [0.1, 0.15) is 0 Å². The Labute approximate surface area is 139 Å². The van der Waals surface area contributed by atoms with Crippen molar-refractivity contribution in [3.8, 4) is 0 Å². The molecule has 0 spiro atoms. The molecule has 1 aromatic heterocycles. The highest BCUT2D eigenvalue weighted by atomic mass is 35.5. The fraction of sp³-hybridized carbons (Fsp3) is 0.312. The van der Waals surface area contributed by atoms with Gasteiger partial charge in [-0.3, -0.25) is 9.48 Å². The molecule has 0 fully saturated rings. The van der Waals surface area contributed by atoms with E-state index in [0.717, 1.165) is 17.0 Å². The first-order valence-electron chi connectivity index (χ1n) is 7.06. The molecule has 122 valence electrons. The summed E-state index contributed by atoms with van der Waals surface area (Å²) < 4.78 is 1.74. The van der Waals surface area contributed by atoms with Crippen LogP contribution in [0, 0.1) is 13.8 Å². The van der Waals surface area contributed by atoms with Gasteiger partial charge in [-0.25, -0.2) is 4.79 Å². The predicted octanol–water partition coefficient (Wildman–Crippen LogP) is 3.13. The van der Waals surface area contributed by atoms with Crippen molar-refractivity contribution in [3.63, 3.8) is 0 Å². The first kappa shape index (κ1) is 17.0. The summed E-state index contributed by atoms with van der Waals surface area (Å²) in [6.07, 6.45) is 0. The first-order chi connectivity index (χ1) is 10.7. The third kappa shape index (κ3) is 3.37. The Bertz CT molecular complexity index is 783. The number of rotatable bonds is 4. The number of nitrogens with one attached hydrogen (secondary N) is 1. The Balaban J connectivity index is 2.22. The standard InChI is InChI=1S/C16H18ClN3O3/c1-8(14-9(2)19-20(4)10(14)3)15(21)18-11-5-6-12(16(22)23)13(17)7-11/h5-8H,1-4H3,(H,18,21)(H,22,23). The predicted molar refractivity (Wildman–Crippen MR) is 88.1 cm³/mol. The lowest BCUT2D eigenvalue weighted by molar-refractivity contribution is -0.117. The van der Waals surface area contributed by atoms with Crippen LogP contribution in [0.2, 0.25) is 5.02 Å². The number of benzene rings is 1. The maximum Gasteiger partial charge on any atom is 0.337 e. The minimum absolute atomic E-state index is 0.00309. The van der Waals surface area contributed by atoms with Crippen LogP contribution >= 0.6 is 11.6 Å². The minimum atomic E-state index is -1.11. The second-order valence-electron chi connectivity index (χ2n) is 5.42. The van der Waals surface area contributed by atoms with Gasteiger partial charge in [-0.05, 0) is 39.0 Å². The van der Waals surface area contributed by atoms with Crippen molar-refractivity contribution >= 4 is 29.2 Å². The lowest BCUT2D eigenvalue weighted by Gasteiger charge is -2.13. The summed E-state index contributed by atoms with van der Waals surface area (Å²) >= 11 is 5.91. The third-order valence-electron chi connectivity index (χ3n) is 3.86. The van der Waals surface area contributed by atoms with E-state index in [1.165, 1.54) is 18.2 Å². The fourth-order valence-corrected chi connectivity index (χ4v) is 2.83. The molecule has 1 aromatic carbocycles. The number of anilines is 1. The fourth-order valence-electron chi connectivity index (χ4n) is 2.56. The molecule has 0 saturated carbocycles. The Morgan fingerprint density at radius 3 is 2.48 bits per heavy atom. The van der Waals surface area contributed by atoms with E-state index in [1.807, 2.05) is 20.9 Å². The van der Waals surface area contributed by atoms with E-state index in [2.05, 4.69) is 10.4 Å². The second kappa shape index (κ2) is 6.42. The molecule has 0 radical (unpaired) electrons. The zero-order valence-electron chi connectivity index (χ0n) is 13.3. The maximum atomic E-state index is 12.4. The smallest absolute Gasteiger partial charge is 0.337 e. The van der Waals surface area contributed by atoms with Gasteiger partial charge in [-0.15, -0.1) is 0 Å². The average molecular weight is 336 g/mol. The summed E-state index contributed by atoms with van der Waals surface area (Å²) in [7, 11) is 1.83. The molecule has 0 saturated heterocycles. The van der Waals surface area contributed by atoms with Gasteiger partial charge in [0, 0.05) is 24.0 Å². The van der Waals surface area contributed by atoms with Crippen LogP contribution in [0.25, 0.3) is 0 Å². The van der Waals surface area contributed by atoms with Gasteiger partial charge in [0.15, 0.2) is 0 Å². The number of carbonyl (C=O) groups excluding carboxylic acids is 1. The molecule has 0 aliphatic carbocycles. The van der Waals surface area contributed by atoms with Crippen molar-refractivity contribution in [2.45, 2.75) is 26.7 Å². The molecule has 0 aliphatic heterocycles. The van der Waals surface area contributed by atoms with E-state index in [-0.39, 0.29) is 22.4 Å². The Kier molecular flexibility index (Phi) is 4.75. The maximum absolute atomic E-state index is 12.4. The second-order valence-corrected chi connectivity index (χ2v) is 5.83. The molecule has 6 nitrogen and oxygen atoms in total. The van der Waals surface area contributed by atoms with E-state index in [9.17, 15) is 9.59 Å². The highest BCUT2D eigenvalue weighted by molar-refractivity contribution is 6.33. The number of hydrogen-bond acceptors (Lipinski definition) is 3. The van der Waals surface area contributed by atoms with Crippen molar-refractivity contribution in [1.29, 1.82) is 0 Å². The number of halogens is 1. The lowest BCUT2D eigenvalue weighted by atomic mass is 9.98. The summed E-state index contributed by atoms with van der Waals surface area (Å²) in [6, 6.07) is 4.31. The molecule has 0 aliphatic rings. The highest BCUT2D eigenvalue weighted by Crippen LogP contribution is 2.26. The van der Waals surface area contributed by atoms with Gasteiger partial charge >= 0.3 is 5.97 Å².